The molecule has 2 aromatic heterocycles. The first-order valence-corrected chi connectivity index (χ1v) is 21.1. The minimum absolute atomic E-state index is 0.00764. The maximum atomic E-state index is 14.6. The Morgan fingerprint density at radius 2 is 1.81 bits per heavy atom. The van der Waals surface area contributed by atoms with Gasteiger partial charge in [-0.2, -0.15) is 0 Å². The summed E-state index contributed by atoms with van der Waals surface area (Å²) in [6.07, 6.45) is 1.42. The molecule has 0 spiro atoms. The average Bonchev–Trinajstić information content (AvgIpc) is 4.10. The van der Waals surface area contributed by atoms with Crippen LogP contribution in [-0.4, -0.2) is 123 Å². The SMILES string of the molecule is N[C@@H]1CCC[C@]1(C[C@@H]1c2cc(O)c(O[C@]3(O)O[C@H](CO)[C@@H](O)[C@H](O)[C@H]3O)cc2N(C(=O)/C=C/c2ccc(O)c(Cc3[nH]cnc3CCNc3ccc[nH]3)c2)[C@H]1C(=O)O)c1ccccc1. The number of ether oxygens (including phenoxy) is 2. The molecule has 64 heavy (non-hydrogen) atoms. The van der Waals surface area contributed by atoms with E-state index in [0.29, 0.717) is 43.4 Å². The van der Waals surface area contributed by atoms with Crippen molar-refractivity contribution in [1.29, 1.82) is 0 Å². The lowest BCUT2D eigenvalue weighted by molar-refractivity contribution is -0.422. The molecular formula is C46H52N6O12. The van der Waals surface area contributed by atoms with E-state index in [2.05, 4.69) is 20.3 Å². The van der Waals surface area contributed by atoms with Gasteiger partial charge in [0.1, 0.15) is 35.9 Å². The van der Waals surface area contributed by atoms with Gasteiger partial charge in [0, 0.05) is 66.4 Å². The fraction of sp³-hybridized carbons (Fsp3) is 0.370. The molecule has 0 unspecified atom stereocenters. The molecule has 1 saturated carbocycles. The lowest BCUT2D eigenvalue weighted by Crippen LogP contribution is -2.67. The normalized spacial score (nSPS) is 27.8. The van der Waals surface area contributed by atoms with Crippen molar-refractivity contribution in [3.8, 4) is 17.2 Å². The number of benzene rings is 3. The molecule has 18 heteroatoms. The highest BCUT2D eigenvalue weighted by Gasteiger charge is 2.56. The maximum Gasteiger partial charge on any atom is 0.355 e. The van der Waals surface area contributed by atoms with Gasteiger partial charge in [-0.1, -0.05) is 42.8 Å². The van der Waals surface area contributed by atoms with Gasteiger partial charge in [0.15, 0.2) is 17.6 Å². The molecule has 2 aliphatic heterocycles. The van der Waals surface area contributed by atoms with Gasteiger partial charge in [0.25, 0.3) is 5.91 Å². The van der Waals surface area contributed by atoms with Crippen LogP contribution >= 0.6 is 0 Å². The molecule has 0 radical (unpaired) electrons. The molecule has 1 saturated heterocycles. The van der Waals surface area contributed by atoms with E-state index in [1.54, 1.807) is 18.5 Å². The number of aromatic nitrogens is 3. The van der Waals surface area contributed by atoms with Gasteiger partial charge in [-0.15, -0.1) is 0 Å². The summed E-state index contributed by atoms with van der Waals surface area (Å²) >= 11 is 0. The Labute approximate surface area is 367 Å². The van der Waals surface area contributed by atoms with Crippen molar-refractivity contribution in [3.63, 3.8) is 0 Å². The Hall–Kier alpha value is -6.25. The lowest BCUT2D eigenvalue weighted by Gasteiger charge is -2.44. The Bertz CT molecular complexity index is 2480. The van der Waals surface area contributed by atoms with E-state index < -0.39 is 77.7 Å². The van der Waals surface area contributed by atoms with Gasteiger partial charge >= 0.3 is 11.9 Å². The zero-order valence-electron chi connectivity index (χ0n) is 34.6. The number of aromatic amines is 2. The second kappa shape index (κ2) is 18.1. The summed E-state index contributed by atoms with van der Waals surface area (Å²) in [5, 5.41) is 89.2. The van der Waals surface area contributed by atoms with Crippen molar-refractivity contribution in [3.05, 3.63) is 125 Å². The van der Waals surface area contributed by atoms with Crippen LogP contribution in [0.1, 0.15) is 65.2 Å². The molecular weight excluding hydrogens is 829 g/mol. The van der Waals surface area contributed by atoms with Crippen molar-refractivity contribution in [1.82, 2.24) is 15.0 Å². The van der Waals surface area contributed by atoms with E-state index in [0.717, 1.165) is 40.2 Å². The summed E-state index contributed by atoms with van der Waals surface area (Å²) in [5.41, 5.74) is 9.95. The number of imidazole rings is 1. The van der Waals surface area contributed by atoms with Gasteiger partial charge in [0.05, 0.1) is 24.3 Å². The molecule has 1 aliphatic carbocycles. The second-order valence-electron chi connectivity index (χ2n) is 16.7. The third kappa shape index (κ3) is 8.44. The fourth-order valence-electron chi connectivity index (χ4n) is 9.54. The predicted molar refractivity (Wildman–Crippen MR) is 231 cm³/mol. The van der Waals surface area contributed by atoms with Crippen LogP contribution < -0.4 is 20.7 Å². The number of rotatable bonds is 15. The zero-order valence-corrected chi connectivity index (χ0v) is 34.6. The molecule has 13 N–H and O–H groups in total. The van der Waals surface area contributed by atoms with Crippen molar-refractivity contribution in [2.75, 3.05) is 23.4 Å². The number of aromatic hydroxyl groups is 2. The zero-order chi connectivity index (χ0) is 45.3. The standard InChI is InChI=1S/C46H52N6O12/c47-37-8-4-15-45(37,27-6-2-1-3-7-27)22-29-28-20-34(55)35(63-46(62)43(59)42(58)41(57)36(23-53)64-46)21-32(28)52(40(29)44(60)61)39(56)13-11-25-10-12-33(54)26(18-25)19-31-30(50-24-51-31)14-17-49-38-9-5-16-48-38/h1-3,5-7,9-13,16,18,20-21,24,29,36-37,40-43,48-49,53-55,57-59,62H,4,8,14-15,17,19,22-23,47H2,(H,50,51)(H,60,61)/b13-11+/t29-,36-,37-,40-,41-,42+,43-,45+,46+/m1/s1. The monoisotopic (exact) mass is 880 g/mol. The molecule has 0 bridgehead atoms. The molecule has 2 fully saturated rings. The number of carbonyl (C=O) groups excluding carboxylic acids is 1. The average molecular weight is 881 g/mol. The number of carboxylic acids is 1. The third-order valence-corrected chi connectivity index (χ3v) is 12.9. The number of nitrogens with zero attached hydrogens (tertiary/aromatic N) is 2. The summed E-state index contributed by atoms with van der Waals surface area (Å²) in [7, 11) is 0. The van der Waals surface area contributed by atoms with E-state index in [-0.39, 0.29) is 29.5 Å². The predicted octanol–water partition coefficient (Wildman–Crippen LogP) is 2.33. The summed E-state index contributed by atoms with van der Waals surface area (Å²) < 4.78 is 10.9. The first-order valence-electron chi connectivity index (χ1n) is 21.1. The number of hydrogen-bond acceptors (Lipinski definition) is 14. The highest BCUT2D eigenvalue weighted by molar-refractivity contribution is 6.10. The number of anilines is 2. The van der Waals surface area contributed by atoms with E-state index in [4.69, 9.17) is 15.2 Å². The van der Waals surface area contributed by atoms with Crippen LogP contribution in [-0.2, 0) is 32.6 Å². The van der Waals surface area contributed by atoms with Crippen LogP contribution in [0.5, 0.6) is 17.2 Å². The Balaban J connectivity index is 1.13. The number of aliphatic hydroxyl groups is 5. The Morgan fingerprint density at radius 1 is 1.02 bits per heavy atom. The second-order valence-corrected chi connectivity index (χ2v) is 16.7. The van der Waals surface area contributed by atoms with Crippen molar-refractivity contribution in [2.24, 2.45) is 5.73 Å². The van der Waals surface area contributed by atoms with Crippen molar-refractivity contribution < 1.29 is 59.9 Å². The molecule has 18 nitrogen and oxygen atoms in total. The highest BCUT2D eigenvalue weighted by atomic mass is 16.8. The molecule has 4 heterocycles. The lowest BCUT2D eigenvalue weighted by atomic mass is 9.68. The number of hydrogen-bond donors (Lipinski definition) is 12. The molecule has 5 aromatic rings. The fourth-order valence-corrected chi connectivity index (χ4v) is 9.54. The molecule has 1 amide bonds. The number of phenolic OH excluding ortho intramolecular Hbond substituents is 2. The van der Waals surface area contributed by atoms with E-state index in [9.17, 15) is 50.4 Å². The van der Waals surface area contributed by atoms with Crippen LogP contribution in [0.25, 0.3) is 6.08 Å². The topological polar surface area (TPSA) is 300 Å². The minimum atomic E-state index is -3.13. The van der Waals surface area contributed by atoms with Gasteiger partial charge in [0.2, 0.25) is 0 Å². The highest BCUT2D eigenvalue weighted by Crippen LogP contribution is 2.54. The van der Waals surface area contributed by atoms with Crippen LogP contribution in [0.15, 0.2) is 91.4 Å². The number of phenols is 2. The molecule has 3 aromatic carbocycles. The number of carbonyl (C=O) groups is 2. The van der Waals surface area contributed by atoms with Crippen LogP contribution in [0.3, 0.4) is 0 Å². The van der Waals surface area contributed by atoms with Gasteiger partial charge in [-0.05, 0) is 72.4 Å². The summed E-state index contributed by atoms with van der Waals surface area (Å²) in [6.45, 7) is -0.289. The first kappa shape index (κ1) is 44.4. The Kier molecular flexibility index (Phi) is 12.5. The Morgan fingerprint density at radius 3 is 2.52 bits per heavy atom. The van der Waals surface area contributed by atoms with E-state index >= 15 is 0 Å². The number of aliphatic hydroxyl groups excluding tert-OH is 4. The number of fused-ring (bicyclic) bond motifs is 1. The summed E-state index contributed by atoms with van der Waals surface area (Å²) in [4.78, 5) is 39.8. The third-order valence-electron chi connectivity index (χ3n) is 12.9. The molecule has 3 aliphatic rings. The van der Waals surface area contributed by atoms with Crippen LogP contribution in [0.4, 0.5) is 11.5 Å². The maximum absolute atomic E-state index is 14.6. The van der Waals surface area contributed by atoms with Crippen molar-refractivity contribution in [2.45, 2.75) is 92.3 Å². The van der Waals surface area contributed by atoms with Gasteiger partial charge in [-0.3, -0.25) is 9.69 Å². The van der Waals surface area contributed by atoms with Crippen molar-refractivity contribution >= 4 is 29.5 Å². The van der Waals surface area contributed by atoms with Gasteiger partial charge < -0.3 is 71.3 Å². The first-order chi connectivity index (χ1) is 30.7. The van der Waals surface area contributed by atoms with Crippen LogP contribution in [0.2, 0.25) is 0 Å². The minimum Gasteiger partial charge on any atom is -0.508 e. The number of aliphatic carboxylic acids is 1. The molecule has 9 atom stereocenters. The quantitative estimate of drug-likeness (QED) is 0.0531. The number of nitrogens with one attached hydrogen (secondary N) is 3. The molecule has 338 valence electrons. The van der Waals surface area contributed by atoms with E-state index in [1.807, 2.05) is 48.7 Å². The largest absolute Gasteiger partial charge is 0.508 e. The molecule has 8 rings (SSSR count). The summed E-state index contributed by atoms with van der Waals surface area (Å²) in [6, 6.07) is 18.6. The smallest absolute Gasteiger partial charge is 0.355 e. The number of carboxylic acid groups (broad SMARTS) is 1. The van der Waals surface area contributed by atoms with E-state index in [1.165, 1.54) is 24.3 Å². The number of amides is 1. The van der Waals surface area contributed by atoms with Gasteiger partial charge in [-0.25, -0.2) is 9.78 Å². The number of nitrogens with two attached hydrogens (primary N) is 1. The number of H-pyrrole nitrogens is 2. The summed E-state index contributed by atoms with van der Waals surface area (Å²) in [5.74, 6) is -6.52. The van der Waals surface area contributed by atoms with Crippen LogP contribution in [0, 0.1) is 0 Å².